The summed E-state index contributed by atoms with van der Waals surface area (Å²) in [6.07, 6.45) is 3.36. The molecular formula is C19H25ClN4O2. The molecule has 1 amide bonds. The number of nitrogens with one attached hydrogen (secondary N) is 2. The number of carbonyl (C=O) groups excluding carboxylic acids is 1. The highest BCUT2D eigenvalue weighted by molar-refractivity contribution is 6.31. The lowest BCUT2D eigenvalue weighted by Crippen LogP contribution is -2.16. The van der Waals surface area contributed by atoms with Gasteiger partial charge in [-0.2, -0.15) is 0 Å². The molecule has 0 atom stereocenters. The Bertz CT molecular complexity index is 780. The third-order valence-electron chi connectivity index (χ3n) is 3.89. The molecule has 1 aromatic carbocycles. The van der Waals surface area contributed by atoms with Crippen molar-refractivity contribution in [1.29, 1.82) is 0 Å². The maximum atomic E-state index is 12.6. The van der Waals surface area contributed by atoms with Gasteiger partial charge in [0.25, 0.3) is 5.91 Å². The standard InChI is InChI=1S/C19H25ClN4O2/c1-5-6-7-8-21-18-11-16(22-13(3)23-18)19(25)24-15-9-12(2)14(20)10-17(15)26-4/h9-11H,5-8H2,1-4H3,(H,24,25)(H,21,22,23). The highest BCUT2D eigenvalue weighted by Crippen LogP contribution is 2.31. The number of unbranched alkanes of at least 4 members (excludes halogenated alkanes) is 2. The third-order valence-corrected chi connectivity index (χ3v) is 4.29. The molecule has 0 aliphatic heterocycles. The molecule has 0 spiro atoms. The number of rotatable bonds is 8. The Labute approximate surface area is 159 Å². The van der Waals surface area contributed by atoms with Crippen LogP contribution in [0.5, 0.6) is 5.75 Å². The Hall–Kier alpha value is -2.34. The summed E-state index contributed by atoms with van der Waals surface area (Å²) >= 11 is 6.11. The zero-order chi connectivity index (χ0) is 19.1. The summed E-state index contributed by atoms with van der Waals surface area (Å²) in [5.41, 5.74) is 1.69. The first-order valence-corrected chi connectivity index (χ1v) is 9.07. The number of aromatic nitrogens is 2. The molecule has 0 bridgehead atoms. The number of ether oxygens (including phenoxy) is 1. The van der Waals surface area contributed by atoms with Gasteiger partial charge in [-0.05, 0) is 31.9 Å². The number of anilines is 2. The number of carbonyl (C=O) groups is 1. The molecule has 0 aliphatic rings. The minimum Gasteiger partial charge on any atom is -0.495 e. The summed E-state index contributed by atoms with van der Waals surface area (Å²) in [4.78, 5) is 21.2. The van der Waals surface area contributed by atoms with E-state index in [1.165, 1.54) is 7.11 Å². The molecule has 2 aromatic rings. The molecular weight excluding hydrogens is 352 g/mol. The number of benzene rings is 1. The molecule has 140 valence electrons. The van der Waals surface area contributed by atoms with Gasteiger partial charge >= 0.3 is 0 Å². The molecule has 0 saturated carbocycles. The Morgan fingerprint density at radius 3 is 2.65 bits per heavy atom. The second-order valence-electron chi connectivity index (χ2n) is 6.08. The molecule has 1 aromatic heterocycles. The van der Waals surface area contributed by atoms with E-state index in [1.807, 2.05) is 6.92 Å². The van der Waals surface area contributed by atoms with Crippen molar-refractivity contribution in [2.45, 2.75) is 40.0 Å². The van der Waals surface area contributed by atoms with E-state index in [4.69, 9.17) is 16.3 Å². The van der Waals surface area contributed by atoms with Crippen LogP contribution in [0.2, 0.25) is 5.02 Å². The molecule has 2 N–H and O–H groups in total. The average molecular weight is 377 g/mol. The van der Waals surface area contributed by atoms with Gasteiger partial charge in [0.2, 0.25) is 0 Å². The van der Waals surface area contributed by atoms with Crippen LogP contribution in [0.1, 0.15) is 48.1 Å². The maximum Gasteiger partial charge on any atom is 0.274 e. The van der Waals surface area contributed by atoms with Crippen molar-refractivity contribution >= 4 is 29.0 Å². The van der Waals surface area contributed by atoms with Gasteiger partial charge in [0.1, 0.15) is 23.1 Å². The molecule has 7 heteroatoms. The lowest BCUT2D eigenvalue weighted by Gasteiger charge is -2.13. The Morgan fingerprint density at radius 1 is 1.19 bits per heavy atom. The van der Waals surface area contributed by atoms with Crippen LogP contribution in [-0.2, 0) is 0 Å². The third kappa shape index (κ3) is 5.33. The fraction of sp³-hybridized carbons (Fsp3) is 0.421. The monoisotopic (exact) mass is 376 g/mol. The second-order valence-corrected chi connectivity index (χ2v) is 6.48. The Morgan fingerprint density at radius 2 is 1.96 bits per heavy atom. The first-order chi connectivity index (χ1) is 12.4. The van der Waals surface area contributed by atoms with Crippen molar-refractivity contribution in [3.8, 4) is 5.75 Å². The van der Waals surface area contributed by atoms with Gasteiger partial charge in [0.05, 0.1) is 12.8 Å². The molecule has 0 fully saturated rings. The van der Waals surface area contributed by atoms with Crippen LogP contribution in [0.4, 0.5) is 11.5 Å². The summed E-state index contributed by atoms with van der Waals surface area (Å²) in [7, 11) is 1.53. The molecule has 0 saturated heterocycles. The van der Waals surface area contributed by atoms with Crippen LogP contribution in [0, 0.1) is 13.8 Å². The van der Waals surface area contributed by atoms with Crippen molar-refractivity contribution < 1.29 is 9.53 Å². The number of aryl methyl sites for hydroxylation is 2. The first kappa shape index (κ1) is 20.0. The zero-order valence-electron chi connectivity index (χ0n) is 15.6. The predicted molar refractivity (Wildman–Crippen MR) is 105 cm³/mol. The normalized spacial score (nSPS) is 10.5. The summed E-state index contributed by atoms with van der Waals surface area (Å²) < 4.78 is 5.30. The molecule has 0 aliphatic carbocycles. The zero-order valence-corrected chi connectivity index (χ0v) is 16.4. The van der Waals surface area contributed by atoms with Gasteiger partial charge in [-0.3, -0.25) is 4.79 Å². The van der Waals surface area contributed by atoms with Crippen molar-refractivity contribution in [3.63, 3.8) is 0 Å². The van der Waals surface area contributed by atoms with Crippen LogP contribution in [0.15, 0.2) is 18.2 Å². The fourth-order valence-electron chi connectivity index (χ4n) is 2.48. The summed E-state index contributed by atoms with van der Waals surface area (Å²) in [5.74, 6) is 1.36. The summed E-state index contributed by atoms with van der Waals surface area (Å²) in [6, 6.07) is 5.11. The van der Waals surface area contributed by atoms with Gasteiger partial charge in [0, 0.05) is 23.7 Å². The SMILES string of the molecule is CCCCCNc1cc(C(=O)Nc2cc(C)c(Cl)cc2OC)nc(C)n1. The van der Waals surface area contributed by atoms with Crippen molar-refractivity contribution in [2.24, 2.45) is 0 Å². The molecule has 1 heterocycles. The van der Waals surface area contributed by atoms with E-state index in [9.17, 15) is 4.79 Å². The molecule has 6 nitrogen and oxygen atoms in total. The van der Waals surface area contributed by atoms with E-state index in [1.54, 1.807) is 25.1 Å². The van der Waals surface area contributed by atoms with E-state index in [2.05, 4.69) is 27.5 Å². The number of hydrogen-bond acceptors (Lipinski definition) is 5. The van der Waals surface area contributed by atoms with Gasteiger partial charge in [-0.25, -0.2) is 9.97 Å². The highest BCUT2D eigenvalue weighted by atomic mass is 35.5. The summed E-state index contributed by atoms with van der Waals surface area (Å²) in [5, 5.41) is 6.66. The number of amides is 1. The quantitative estimate of drug-likeness (QED) is 0.658. The minimum absolute atomic E-state index is 0.296. The Balaban J connectivity index is 2.17. The first-order valence-electron chi connectivity index (χ1n) is 8.69. The smallest absolute Gasteiger partial charge is 0.274 e. The lowest BCUT2D eigenvalue weighted by molar-refractivity contribution is 0.102. The van der Waals surface area contributed by atoms with Gasteiger partial charge in [-0.15, -0.1) is 0 Å². The van der Waals surface area contributed by atoms with Crippen LogP contribution in [-0.4, -0.2) is 29.5 Å². The van der Waals surface area contributed by atoms with Gasteiger partial charge in [-0.1, -0.05) is 31.4 Å². The van der Waals surface area contributed by atoms with E-state index < -0.39 is 0 Å². The minimum atomic E-state index is -0.327. The van der Waals surface area contributed by atoms with Gasteiger partial charge in [0.15, 0.2) is 0 Å². The Kier molecular flexibility index (Phi) is 7.21. The van der Waals surface area contributed by atoms with E-state index in [0.717, 1.165) is 31.4 Å². The number of halogens is 1. The van der Waals surface area contributed by atoms with E-state index in [0.29, 0.717) is 33.8 Å². The highest BCUT2D eigenvalue weighted by Gasteiger charge is 2.14. The van der Waals surface area contributed by atoms with Crippen molar-refractivity contribution in [1.82, 2.24) is 9.97 Å². The molecule has 2 rings (SSSR count). The van der Waals surface area contributed by atoms with Crippen LogP contribution in [0.3, 0.4) is 0 Å². The van der Waals surface area contributed by atoms with Gasteiger partial charge < -0.3 is 15.4 Å². The average Bonchev–Trinajstić information content (AvgIpc) is 2.61. The fourth-order valence-corrected chi connectivity index (χ4v) is 2.64. The topological polar surface area (TPSA) is 76.1 Å². The van der Waals surface area contributed by atoms with Crippen LogP contribution in [0.25, 0.3) is 0 Å². The van der Waals surface area contributed by atoms with Crippen molar-refractivity contribution in [3.05, 3.63) is 40.3 Å². The summed E-state index contributed by atoms with van der Waals surface area (Å²) in [6.45, 7) is 6.60. The molecule has 0 unspecified atom stereocenters. The van der Waals surface area contributed by atoms with E-state index in [-0.39, 0.29) is 5.91 Å². The number of nitrogens with zero attached hydrogens (tertiary/aromatic N) is 2. The predicted octanol–water partition coefficient (Wildman–Crippen LogP) is 4.61. The number of hydrogen-bond donors (Lipinski definition) is 2. The largest absolute Gasteiger partial charge is 0.495 e. The second kappa shape index (κ2) is 9.38. The number of methoxy groups -OCH3 is 1. The van der Waals surface area contributed by atoms with E-state index >= 15 is 0 Å². The van der Waals surface area contributed by atoms with Crippen LogP contribution >= 0.6 is 11.6 Å². The van der Waals surface area contributed by atoms with Crippen LogP contribution < -0.4 is 15.4 Å². The molecule has 26 heavy (non-hydrogen) atoms. The van der Waals surface area contributed by atoms with Crippen molar-refractivity contribution in [2.75, 3.05) is 24.3 Å². The molecule has 0 radical (unpaired) electrons. The lowest BCUT2D eigenvalue weighted by atomic mass is 10.2. The maximum absolute atomic E-state index is 12.6.